The molecule has 0 fully saturated rings. The van der Waals surface area contributed by atoms with Crippen molar-refractivity contribution < 1.29 is 23.8 Å². The largest absolute Gasteiger partial charge is 0.497 e. The molecular formula is C24H23NO5. The average Bonchev–Trinajstić information content (AvgIpc) is 2.78. The first-order valence-electron chi connectivity index (χ1n) is 9.37. The van der Waals surface area contributed by atoms with Gasteiger partial charge in [-0.05, 0) is 31.2 Å². The molecule has 1 N–H and O–H groups in total. The van der Waals surface area contributed by atoms with E-state index in [1.165, 1.54) is 14.2 Å². The van der Waals surface area contributed by atoms with Crippen molar-refractivity contribution in [1.29, 1.82) is 0 Å². The first-order chi connectivity index (χ1) is 14.5. The van der Waals surface area contributed by atoms with Gasteiger partial charge >= 0.3 is 5.97 Å². The molecule has 0 aliphatic carbocycles. The van der Waals surface area contributed by atoms with E-state index < -0.39 is 18.0 Å². The van der Waals surface area contributed by atoms with Crippen molar-refractivity contribution in [3.05, 3.63) is 89.5 Å². The van der Waals surface area contributed by atoms with Crippen molar-refractivity contribution in [2.45, 2.75) is 13.0 Å². The summed E-state index contributed by atoms with van der Waals surface area (Å²) in [6, 6.07) is 21.0. The van der Waals surface area contributed by atoms with Crippen LogP contribution >= 0.6 is 0 Å². The molecule has 0 bridgehead atoms. The zero-order valence-corrected chi connectivity index (χ0v) is 17.0. The van der Waals surface area contributed by atoms with Gasteiger partial charge in [0.1, 0.15) is 17.1 Å². The van der Waals surface area contributed by atoms with E-state index in [-0.39, 0.29) is 5.56 Å². The topological polar surface area (TPSA) is 73.9 Å². The minimum absolute atomic E-state index is 0.197. The van der Waals surface area contributed by atoms with Gasteiger partial charge in [-0.3, -0.25) is 4.79 Å². The second-order valence-electron chi connectivity index (χ2n) is 6.62. The van der Waals surface area contributed by atoms with Gasteiger partial charge in [0.25, 0.3) is 5.91 Å². The quantitative estimate of drug-likeness (QED) is 0.584. The third-order valence-corrected chi connectivity index (χ3v) is 4.51. The van der Waals surface area contributed by atoms with Crippen LogP contribution in [0.15, 0.2) is 72.8 Å². The minimum Gasteiger partial charge on any atom is -0.497 e. The molecule has 30 heavy (non-hydrogen) atoms. The Balaban J connectivity index is 1.87. The van der Waals surface area contributed by atoms with Crippen LogP contribution in [0.2, 0.25) is 0 Å². The number of anilines is 1. The number of carbonyl (C=O) groups is 2. The fourth-order valence-corrected chi connectivity index (χ4v) is 2.88. The van der Waals surface area contributed by atoms with Crippen LogP contribution in [-0.2, 0) is 9.53 Å². The Hall–Kier alpha value is -3.80. The number of rotatable bonds is 7. The molecule has 154 valence electrons. The lowest BCUT2D eigenvalue weighted by Gasteiger charge is -2.19. The smallest absolute Gasteiger partial charge is 0.343 e. The molecule has 1 amide bonds. The zero-order chi connectivity index (χ0) is 21.5. The van der Waals surface area contributed by atoms with E-state index in [0.717, 1.165) is 5.56 Å². The van der Waals surface area contributed by atoms with E-state index in [2.05, 4.69) is 5.32 Å². The van der Waals surface area contributed by atoms with Crippen molar-refractivity contribution in [3.63, 3.8) is 0 Å². The number of methoxy groups -OCH3 is 2. The van der Waals surface area contributed by atoms with Gasteiger partial charge in [0, 0.05) is 17.3 Å². The number of aryl methyl sites for hydroxylation is 1. The fourth-order valence-electron chi connectivity index (χ4n) is 2.88. The Morgan fingerprint density at radius 1 is 0.867 bits per heavy atom. The van der Waals surface area contributed by atoms with Crippen LogP contribution in [-0.4, -0.2) is 26.1 Å². The highest BCUT2D eigenvalue weighted by molar-refractivity contribution is 5.99. The Bertz CT molecular complexity index is 1020. The van der Waals surface area contributed by atoms with Crippen molar-refractivity contribution >= 4 is 17.6 Å². The molecule has 6 nitrogen and oxygen atoms in total. The molecule has 0 heterocycles. The fraction of sp³-hybridized carbons (Fsp3) is 0.167. The highest BCUT2D eigenvalue weighted by atomic mass is 16.6. The van der Waals surface area contributed by atoms with E-state index >= 15 is 0 Å². The molecule has 0 aliphatic rings. The summed E-state index contributed by atoms with van der Waals surface area (Å²) >= 11 is 0. The van der Waals surface area contributed by atoms with Crippen molar-refractivity contribution in [2.24, 2.45) is 0 Å². The van der Waals surface area contributed by atoms with Gasteiger partial charge in [0.15, 0.2) is 0 Å². The lowest BCUT2D eigenvalue weighted by atomic mass is 10.1. The first-order valence-corrected chi connectivity index (χ1v) is 9.37. The molecule has 3 aromatic carbocycles. The van der Waals surface area contributed by atoms with Gasteiger partial charge in [-0.25, -0.2) is 4.79 Å². The molecule has 0 spiro atoms. The van der Waals surface area contributed by atoms with Crippen LogP contribution in [0, 0.1) is 6.92 Å². The number of esters is 1. The number of hydrogen-bond acceptors (Lipinski definition) is 5. The molecule has 0 aromatic heterocycles. The number of ether oxygens (including phenoxy) is 3. The van der Waals surface area contributed by atoms with Crippen LogP contribution in [0.5, 0.6) is 11.5 Å². The van der Waals surface area contributed by atoms with Crippen molar-refractivity contribution in [3.8, 4) is 11.5 Å². The molecule has 0 aliphatic heterocycles. The highest BCUT2D eigenvalue weighted by Gasteiger charge is 2.27. The zero-order valence-electron chi connectivity index (χ0n) is 17.0. The van der Waals surface area contributed by atoms with Gasteiger partial charge in [-0.2, -0.15) is 0 Å². The van der Waals surface area contributed by atoms with Gasteiger partial charge < -0.3 is 19.5 Å². The normalized spacial score (nSPS) is 11.3. The van der Waals surface area contributed by atoms with Crippen LogP contribution in [0.4, 0.5) is 5.69 Å². The van der Waals surface area contributed by atoms with Gasteiger partial charge in [0.05, 0.1) is 14.2 Å². The summed E-state index contributed by atoms with van der Waals surface area (Å²) in [5.74, 6) is -0.293. The molecule has 1 unspecified atom stereocenters. The molecular weight excluding hydrogens is 382 g/mol. The van der Waals surface area contributed by atoms with Crippen molar-refractivity contribution in [1.82, 2.24) is 0 Å². The van der Waals surface area contributed by atoms with Gasteiger partial charge in [0.2, 0.25) is 6.10 Å². The first kappa shape index (κ1) is 20.9. The molecule has 1 atom stereocenters. The summed E-state index contributed by atoms with van der Waals surface area (Å²) < 4.78 is 16.1. The number of amides is 1. The summed E-state index contributed by atoms with van der Waals surface area (Å²) in [5.41, 5.74) is 2.44. The highest BCUT2D eigenvalue weighted by Crippen LogP contribution is 2.28. The summed E-state index contributed by atoms with van der Waals surface area (Å²) in [6.45, 7) is 1.96. The van der Waals surface area contributed by atoms with E-state index in [1.807, 2.05) is 25.1 Å². The van der Waals surface area contributed by atoms with E-state index in [4.69, 9.17) is 14.2 Å². The van der Waals surface area contributed by atoms with Gasteiger partial charge in [-0.1, -0.05) is 48.0 Å². The van der Waals surface area contributed by atoms with E-state index in [0.29, 0.717) is 22.7 Å². The third kappa shape index (κ3) is 4.97. The predicted octanol–water partition coefficient (Wildman–Crippen LogP) is 4.55. The van der Waals surface area contributed by atoms with E-state index in [9.17, 15) is 9.59 Å². The second-order valence-corrected chi connectivity index (χ2v) is 6.62. The average molecular weight is 405 g/mol. The Morgan fingerprint density at radius 3 is 2.20 bits per heavy atom. The lowest BCUT2D eigenvalue weighted by Crippen LogP contribution is -2.26. The molecule has 0 radical (unpaired) electrons. The molecule has 3 aromatic rings. The second kappa shape index (κ2) is 9.60. The SMILES string of the molecule is COc1ccc(C(=O)OC(C(=O)Nc2ccc(C)cc2)c2ccccc2)c(OC)c1. The summed E-state index contributed by atoms with van der Waals surface area (Å²) in [6.07, 6.45) is -1.13. The Morgan fingerprint density at radius 2 is 1.57 bits per heavy atom. The van der Waals surface area contributed by atoms with Crippen LogP contribution in [0.25, 0.3) is 0 Å². The standard InChI is InChI=1S/C24H23NO5/c1-16-9-11-18(12-10-16)25-23(26)22(17-7-5-4-6-8-17)30-24(27)20-14-13-19(28-2)15-21(20)29-3/h4-15,22H,1-3H3,(H,25,26). The molecule has 0 saturated carbocycles. The summed E-state index contributed by atoms with van der Waals surface area (Å²) in [5, 5.41) is 2.80. The molecule has 6 heteroatoms. The molecule has 0 saturated heterocycles. The van der Waals surface area contributed by atoms with Gasteiger partial charge in [-0.15, -0.1) is 0 Å². The Labute approximate surface area is 175 Å². The maximum Gasteiger partial charge on any atom is 0.343 e. The maximum atomic E-state index is 13.0. The monoisotopic (exact) mass is 405 g/mol. The Kier molecular flexibility index (Phi) is 6.70. The maximum absolute atomic E-state index is 13.0. The van der Waals surface area contributed by atoms with E-state index in [1.54, 1.807) is 54.6 Å². The number of hydrogen-bond donors (Lipinski definition) is 1. The third-order valence-electron chi connectivity index (χ3n) is 4.51. The van der Waals surface area contributed by atoms with Crippen molar-refractivity contribution in [2.75, 3.05) is 19.5 Å². The summed E-state index contributed by atoms with van der Waals surface area (Å²) in [7, 11) is 2.97. The predicted molar refractivity (Wildman–Crippen MR) is 114 cm³/mol. The van der Waals surface area contributed by atoms with Crippen LogP contribution in [0.1, 0.15) is 27.6 Å². The molecule has 3 rings (SSSR count). The summed E-state index contributed by atoms with van der Waals surface area (Å²) in [4.78, 5) is 25.9. The number of nitrogens with one attached hydrogen (secondary N) is 1. The van der Waals surface area contributed by atoms with Crippen LogP contribution < -0.4 is 14.8 Å². The minimum atomic E-state index is -1.13. The number of benzene rings is 3. The van der Waals surface area contributed by atoms with Crippen LogP contribution in [0.3, 0.4) is 0 Å². The lowest BCUT2D eigenvalue weighted by molar-refractivity contribution is -0.125. The number of carbonyl (C=O) groups excluding carboxylic acids is 2.